The van der Waals surface area contributed by atoms with Crippen molar-refractivity contribution in [1.82, 2.24) is 10.3 Å². The molecule has 1 aromatic heterocycles. The third-order valence-corrected chi connectivity index (χ3v) is 3.75. The van der Waals surface area contributed by atoms with Crippen LogP contribution in [-0.2, 0) is 0 Å². The molecular formula is C15H23N3O2. The van der Waals surface area contributed by atoms with E-state index in [2.05, 4.69) is 15.6 Å². The quantitative estimate of drug-likeness (QED) is 0.769. The molecule has 3 N–H and O–H groups in total. The van der Waals surface area contributed by atoms with Crippen LogP contribution in [0.1, 0.15) is 49.4 Å². The minimum Gasteiger partial charge on any atom is -0.388 e. The van der Waals surface area contributed by atoms with Gasteiger partial charge in [0.2, 0.25) is 0 Å². The largest absolute Gasteiger partial charge is 0.388 e. The van der Waals surface area contributed by atoms with E-state index >= 15 is 0 Å². The van der Waals surface area contributed by atoms with Gasteiger partial charge in [0, 0.05) is 19.3 Å². The van der Waals surface area contributed by atoms with E-state index in [0.717, 1.165) is 25.7 Å². The van der Waals surface area contributed by atoms with Gasteiger partial charge in [-0.15, -0.1) is 0 Å². The highest BCUT2D eigenvalue weighted by atomic mass is 16.3. The van der Waals surface area contributed by atoms with E-state index < -0.39 is 5.60 Å². The van der Waals surface area contributed by atoms with Crippen LogP contribution in [0.25, 0.3) is 0 Å². The molecule has 5 nitrogen and oxygen atoms in total. The summed E-state index contributed by atoms with van der Waals surface area (Å²) in [6, 6.07) is 3.52. The van der Waals surface area contributed by atoms with Crippen LogP contribution in [0.15, 0.2) is 18.3 Å². The van der Waals surface area contributed by atoms with Crippen molar-refractivity contribution >= 4 is 11.7 Å². The summed E-state index contributed by atoms with van der Waals surface area (Å²) in [7, 11) is 0. The minimum atomic E-state index is -0.613. The summed E-state index contributed by atoms with van der Waals surface area (Å²) < 4.78 is 0. The molecule has 1 heterocycles. The number of hydrogen-bond donors (Lipinski definition) is 3. The average Bonchev–Trinajstić information content (AvgIpc) is 2.47. The molecule has 0 saturated heterocycles. The highest BCUT2D eigenvalue weighted by Gasteiger charge is 2.28. The van der Waals surface area contributed by atoms with Gasteiger partial charge in [-0.2, -0.15) is 0 Å². The van der Waals surface area contributed by atoms with Gasteiger partial charge in [0.15, 0.2) is 0 Å². The molecule has 1 saturated carbocycles. The van der Waals surface area contributed by atoms with E-state index in [1.54, 1.807) is 18.3 Å². The van der Waals surface area contributed by atoms with Crippen LogP contribution in [0.3, 0.4) is 0 Å². The van der Waals surface area contributed by atoms with Gasteiger partial charge in [0.1, 0.15) is 5.82 Å². The molecule has 1 aliphatic rings. The Morgan fingerprint density at radius 3 is 2.70 bits per heavy atom. The van der Waals surface area contributed by atoms with Crippen molar-refractivity contribution in [3.8, 4) is 0 Å². The number of hydrogen-bond acceptors (Lipinski definition) is 4. The lowest BCUT2D eigenvalue weighted by atomic mass is 9.85. The zero-order valence-corrected chi connectivity index (χ0v) is 12.0. The Morgan fingerprint density at radius 2 is 2.10 bits per heavy atom. The van der Waals surface area contributed by atoms with Crippen LogP contribution in [0.4, 0.5) is 5.82 Å². The Morgan fingerprint density at radius 1 is 1.35 bits per heavy atom. The van der Waals surface area contributed by atoms with Crippen LogP contribution in [0, 0.1) is 0 Å². The molecule has 1 fully saturated rings. The Hall–Kier alpha value is -1.62. The molecule has 1 aromatic rings. The van der Waals surface area contributed by atoms with Crippen molar-refractivity contribution in [2.45, 2.75) is 44.6 Å². The molecular weight excluding hydrogens is 254 g/mol. The van der Waals surface area contributed by atoms with Crippen molar-refractivity contribution in [2.75, 3.05) is 18.4 Å². The van der Waals surface area contributed by atoms with Gasteiger partial charge >= 0.3 is 0 Å². The van der Waals surface area contributed by atoms with Gasteiger partial charge in [-0.1, -0.05) is 19.3 Å². The van der Waals surface area contributed by atoms with E-state index in [1.165, 1.54) is 6.42 Å². The fraction of sp³-hybridized carbons (Fsp3) is 0.600. The van der Waals surface area contributed by atoms with E-state index in [-0.39, 0.29) is 5.91 Å². The lowest BCUT2D eigenvalue weighted by Crippen LogP contribution is -2.38. The van der Waals surface area contributed by atoms with Crippen molar-refractivity contribution in [3.63, 3.8) is 0 Å². The molecule has 0 radical (unpaired) electrons. The van der Waals surface area contributed by atoms with E-state index in [0.29, 0.717) is 24.5 Å². The summed E-state index contributed by atoms with van der Waals surface area (Å²) in [5, 5.41) is 16.3. The van der Waals surface area contributed by atoms with E-state index in [9.17, 15) is 9.90 Å². The van der Waals surface area contributed by atoms with Crippen LogP contribution in [0.2, 0.25) is 0 Å². The second-order valence-electron chi connectivity index (χ2n) is 5.43. The number of amides is 1. The number of pyridine rings is 1. The van der Waals surface area contributed by atoms with Crippen molar-refractivity contribution < 1.29 is 9.90 Å². The second kappa shape index (κ2) is 6.70. The highest BCUT2D eigenvalue weighted by Crippen LogP contribution is 2.28. The minimum absolute atomic E-state index is 0.113. The number of aliphatic hydroxyl groups is 1. The zero-order chi connectivity index (χ0) is 14.4. The molecule has 0 aliphatic heterocycles. The summed E-state index contributed by atoms with van der Waals surface area (Å²) in [5.74, 6) is 0.578. The number of aromatic nitrogens is 1. The first kappa shape index (κ1) is 14.8. The molecule has 20 heavy (non-hydrogen) atoms. The first-order valence-corrected chi connectivity index (χ1v) is 7.33. The molecule has 1 aliphatic carbocycles. The Bertz CT molecular complexity index is 439. The van der Waals surface area contributed by atoms with Gasteiger partial charge in [0.25, 0.3) is 5.91 Å². The molecule has 110 valence electrons. The molecule has 0 unspecified atom stereocenters. The fourth-order valence-electron chi connectivity index (χ4n) is 2.54. The average molecular weight is 277 g/mol. The monoisotopic (exact) mass is 277 g/mol. The molecule has 0 spiro atoms. The number of anilines is 1. The fourth-order valence-corrected chi connectivity index (χ4v) is 2.54. The molecule has 5 heteroatoms. The van der Waals surface area contributed by atoms with Crippen LogP contribution >= 0.6 is 0 Å². The van der Waals surface area contributed by atoms with Gasteiger partial charge in [-0.25, -0.2) is 4.98 Å². The van der Waals surface area contributed by atoms with Crippen LogP contribution < -0.4 is 10.6 Å². The zero-order valence-electron chi connectivity index (χ0n) is 12.0. The Kier molecular flexibility index (Phi) is 4.95. The summed E-state index contributed by atoms with van der Waals surface area (Å²) in [5.41, 5.74) is -0.0631. The maximum absolute atomic E-state index is 11.6. The lowest BCUT2D eigenvalue weighted by molar-refractivity contribution is 0.0166. The topological polar surface area (TPSA) is 74.2 Å². The van der Waals surface area contributed by atoms with Gasteiger partial charge in [-0.3, -0.25) is 4.79 Å². The third kappa shape index (κ3) is 3.93. The maximum Gasteiger partial charge on any atom is 0.252 e. The lowest BCUT2D eigenvalue weighted by Gasteiger charge is -2.32. The predicted octanol–water partition coefficient (Wildman–Crippen LogP) is 1.94. The van der Waals surface area contributed by atoms with Crippen molar-refractivity contribution in [3.05, 3.63) is 23.9 Å². The first-order valence-electron chi connectivity index (χ1n) is 7.33. The van der Waals surface area contributed by atoms with Crippen LogP contribution in [0.5, 0.6) is 0 Å². The normalized spacial score (nSPS) is 17.5. The molecule has 0 aromatic carbocycles. The third-order valence-electron chi connectivity index (χ3n) is 3.75. The van der Waals surface area contributed by atoms with Crippen LogP contribution in [-0.4, -0.2) is 34.7 Å². The maximum atomic E-state index is 11.6. The summed E-state index contributed by atoms with van der Waals surface area (Å²) in [6.45, 7) is 3.00. The SMILES string of the molecule is CCNC(=O)c1ccc(NCC2(O)CCCCC2)nc1. The molecule has 1 amide bonds. The summed E-state index contributed by atoms with van der Waals surface area (Å²) in [6.07, 6.45) is 6.62. The molecule has 0 bridgehead atoms. The number of carbonyl (C=O) groups excluding carboxylic acids is 1. The predicted molar refractivity (Wildman–Crippen MR) is 78.8 cm³/mol. The van der Waals surface area contributed by atoms with Gasteiger partial charge in [-0.05, 0) is 31.9 Å². The van der Waals surface area contributed by atoms with Crippen molar-refractivity contribution in [2.24, 2.45) is 0 Å². The molecule has 2 rings (SSSR count). The number of nitrogens with zero attached hydrogens (tertiary/aromatic N) is 1. The number of carbonyl (C=O) groups is 1. The Balaban J connectivity index is 1.89. The number of rotatable bonds is 5. The standard InChI is InChI=1S/C15H23N3O2/c1-2-16-14(19)12-6-7-13(17-10-12)18-11-15(20)8-4-3-5-9-15/h6-7,10,20H,2-5,8-9,11H2,1H3,(H,16,19)(H,17,18). The number of nitrogens with one attached hydrogen (secondary N) is 2. The van der Waals surface area contributed by atoms with Gasteiger partial charge in [0.05, 0.1) is 11.2 Å². The molecule has 0 atom stereocenters. The smallest absolute Gasteiger partial charge is 0.252 e. The first-order chi connectivity index (χ1) is 9.63. The summed E-state index contributed by atoms with van der Waals surface area (Å²) in [4.78, 5) is 15.8. The summed E-state index contributed by atoms with van der Waals surface area (Å²) >= 11 is 0. The Labute approximate surface area is 119 Å². The van der Waals surface area contributed by atoms with Crippen molar-refractivity contribution in [1.29, 1.82) is 0 Å². The van der Waals surface area contributed by atoms with E-state index in [1.807, 2.05) is 6.92 Å². The highest BCUT2D eigenvalue weighted by molar-refractivity contribution is 5.93. The van der Waals surface area contributed by atoms with E-state index in [4.69, 9.17) is 0 Å². The second-order valence-corrected chi connectivity index (χ2v) is 5.43. The van der Waals surface area contributed by atoms with Gasteiger partial charge < -0.3 is 15.7 Å².